The maximum absolute atomic E-state index is 14.1. The van der Waals surface area contributed by atoms with Crippen molar-refractivity contribution in [1.29, 1.82) is 0 Å². The molecule has 188 valence electrons. The molecule has 1 aromatic heterocycles. The number of nitrogens with one attached hydrogen (secondary N) is 1. The van der Waals surface area contributed by atoms with E-state index in [0.29, 0.717) is 13.0 Å². The van der Waals surface area contributed by atoms with Crippen molar-refractivity contribution in [3.05, 3.63) is 113 Å². The van der Waals surface area contributed by atoms with E-state index in [1.54, 1.807) is 12.0 Å². The van der Waals surface area contributed by atoms with Gasteiger partial charge in [0.1, 0.15) is 18.3 Å². The molecule has 0 radical (unpaired) electrons. The predicted molar refractivity (Wildman–Crippen MR) is 147 cm³/mol. The van der Waals surface area contributed by atoms with Crippen molar-refractivity contribution in [2.24, 2.45) is 0 Å². The minimum Gasteiger partial charge on any atom is -0.497 e. The number of aromatic nitrogens is 1. The maximum Gasteiger partial charge on any atom is 0.246 e. The van der Waals surface area contributed by atoms with E-state index in [2.05, 4.69) is 41.4 Å². The Hall–Kier alpha value is -4.58. The summed E-state index contributed by atoms with van der Waals surface area (Å²) in [7, 11) is 1.63. The van der Waals surface area contributed by atoms with Crippen LogP contribution in [0.25, 0.3) is 21.7 Å². The Morgan fingerprint density at radius 2 is 1.66 bits per heavy atom. The van der Waals surface area contributed by atoms with Gasteiger partial charge in [-0.3, -0.25) is 9.59 Å². The van der Waals surface area contributed by atoms with Crippen LogP contribution >= 0.6 is 0 Å². The average Bonchev–Trinajstić information content (AvgIpc) is 3.33. The van der Waals surface area contributed by atoms with Crippen molar-refractivity contribution in [2.75, 3.05) is 13.7 Å². The highest BCUT2D eigenvalue weighted by molar-refractivity contribution is 5.98. The number of methoxy groups -OCH3 is 1. The minimum atomic E-state index is -0.572. The zero-order valence-corrected chi connectivity index (χ0v) is 21.1. The van der Waals surface area contributed by atoms with Crippen LogP contribution in [0.3, 0.4) is 0 Å². The van der Waals surface area contributed by atoms with Gasteiger partial charge in [0.25, 0.3) is 0 Å². The molecule has 7 rings (SSSR count). The fraction of sp³-hybridized carbons (Fsp3) is 0.188. The van der Waals surface area contributed by atoms with Crippen LogP contribution in [0.5, 0.6) is 5.75 Å². The molecule has 0 spiro atoms. The number of fused-ring (bicyclic) bond motifs is 5. The molecule has 0 saturated carbocycles. The zero-order valence-electron chi connectivity index (χ0n) is 21.1. The largest absolute Gasteiger partial charge is 0.497 e. The topological polar surface area (TPSA) is 65.6 Å². The number of para-hydroxylation sites is 1. The van der Waals surface area contributed by atoms with Gasteiger partial charge < -0.3 is 19.5 Å². The lowest BCUT2D eigenvalue weighted by atomic mass is 9.84. The third-order valence-corrected chi connectivity index (χ3v) is 7.97. The van der Waals surface area contributed by atoms with Gasteiger partial charge in [-0.05, 0) is 45.7 Å². The van der Waals surface area contributed by atoms with Gasteiger partial charge in [0.2, 0.25) is 11.8 Å². The Labute approximate surface area is 220 Å². The van der Waals surface area contributed by atoms with Crippen LogP contribution < -0.4 is 4.74 Å². The lowest BCUT2D eigenvalue weighted by Crippen LogP contribution is -2.62. The zero-order chi connectivity index (χ0) is 25.8. The average molecular weight is 502 g/mol. The number of piperazine rings is 1. The molecule has 1 N–H and O–H groups in total. The number of H-pyrrole nitrogens is 1. The summed E-state index contributed by atoms with van der Waals surface area (Å²) in [4.78, 5) is 35.2. The summed E-state index contributed by atoms with van der Waals surface area (Å²) < 4.78 is 5.37. The van der Waals surface area contributed by atoms with Crippen molar-refractivity contribution in [3.63, 3.8) is 0 Å². The quantitative estimate of drug-likeness (QED) is 0.368. The predicted octanol–water partition coefficient (Wildman–Crippen LogP) is 5.21. The van der Waals surface area contributed by atoms with Gasteiger partial charge in [-0.25, -0.2) is 0 Å². The van der Waals surface area contributed by atoms with Crippen LogP contribution in [0.1, 0.15) is 28.4 Å². The molecule has 5 aromatic rings. The highest BCUT2D eigenvalue weighted by Gasteiger charge is 2.48. The standard InChI is InChI=1S/C32H27N3O3/c1-38-22-11-6-8-20(16-22)18-34-19-29(36)35-28(32(34)37)17-26-24-13-4-5-15-27(24)33-30(26)31(35)25-14-7-10-21-9-2-3-12-23(21)25/h2-16,28,31,33H,17-19H2,1H3/t28-,31-/m0/s1. The first-order valence-electron chi connectivity index (χ1n) is 12.9. The number of hydrogen-bond acceptors (Lipinski definition) is 3. The smallest absolute Gasteiger partial charge is 0.246 e. The number of rotatable bonds is 4. The van der Waals surface area contributed by atoms with Crippen LogP contribution in [-0.4, -0.2) is 46.3 Å². The number of carbonyl (C=O) groups is 2. The third kappa shape index (κ3) is 3.48. The first kappa shape index (κ1) is 22.6. The Kier molecular flexibility index (Phi) is 5.22. The van der Waals surface area contributed by atoms with Crippen molar-refractivity contribution in [2.45, 2.75) is 25.0 Å². The van der Waals surface area contributed by atoms with Gasteiger partial charge in [0, 0.05) is 29.6 Å². The van der Waals surface area contributed by atoms with E-state index >= 15 is 0 Å². The van der Waals surface area contributed by atoms with Crippen LogP contribution in [0, 0.1) is 0 Å². The molecule has 0 aliphatic carbocycles. The van der Waals surface area contributed by atoms with E-state index < -0.39 is 6.04 Å². The SMILES string of the molecule is COc1cccc(CN2CC(=O)N3[C@@H](c4cccc5ccccc45)c4[nH]c5ccccc5c4C[C@H]3C2=O)c1. The molecule has 2 amide bonds. The van der Waals surface area contributed by atoms with Gasteiger partial charge >= 0.3 is 0 Å². The second-order valence-electron chi connectivity index (χ2n) is 10.1. The number of nitrogens with zero attached hydrogens (tertiary/aromatic N) is 2. The van der Waals surface area contributed by atoms with E-state index in [0.717, 1.165) is 49.8 Å². The molecule has 3 heterocycles. The van der Waals surface area contributed by atoms with Gasteiger partial charge in [-0.15, -0.1) is 0 Å². The van der Waals surface area contributed by atoms with Gasteiger partial charge in [0.15, 0.2) is 0 Å². The number of aromatic amines is 1. The lowest BCUT2D eigenvalue weighted by molar-refractivity contribution is -0.159. The number of ether oxygens (including phenoxy) is 1. The summed E-state index contributed by atoms with van der Waals surface area (Å²) in [5.41, 5.74) is 5.11. The number of amides is 2. The second kappa shape index (κ2) is 8.77. The Balaban J connectivity index is 1.36. The van der Waals surface area contributed by atoms with Gasteiger partial charge in [-0.2, -0.15) is 0 Å². The molecule has 2 aliphatic rings. The molecule has 2 atom stereocenters. The molecule has 2 aliphatic heterocycles. The van der Waals surface area contributed by atoms with Crippen molar-refractivity contribution >= 4 is 33.5 Å². The normalized spacial score (nSPS) is 19.1. The van der Waals surface area contributed by atoms with Crippen molar-refractivity contribution < 1.29 is 14.3 Å². The summed E-state index contributed by atoms with van der Waals surface area (Å²) in [6.45, 7) is 0.412. The van der Waals surface area contributed by atoms with E-state index in [4.69, 9.17) is 4.74 Å². The summed E-state index contributed by atoms with van der Waals surface area (Å²) in [5.74, 6) is 0.672. The first-order chi connectivity index (χ1) is 18.6. The molecule has 38 heavy (non-hydrogen) atoms. The fourth-order valence-corrected chi connectivity index (χ4v) is 6.26. The molecular weight excluding hydrogens is 474 g/mol. The van der Waals surface area contributed by atoms with Crippen LogP contribution in [0.2, 0.25) is 0 Å². The second-order valence-corrected chi connectivity index (χ2v) is 10.1. The molecule has 6 heteroatoms. The van der Waals surface area contributed by atoms with E-state index in [1.807, 2.05) is 59.5 Å². The monoisotopic (exact) mass is 501 g/mol. The summed E-state index contributed by atoms with van der Waals surface area (Å²) >= 11 is 0. The van der Waals surface area contributed by atoms with E-state index in [1.165, 1.54) is 0 Å². The minimum absolute atomic E-state index is 0.0198. The molecule has 0 bridgehead atoms. The summed E-state index contributed by atoms with van der Waals surface area (Å²) in [5, 5.41) is 3.31. The van der Waals surface area contributed by atoms with Crippen LogP contribution in [0.4, 0.5) is 0 Å². The van der Waals surface area contributed by atoms with E-state index in [-0.39, 0.29) is 24.4 Å². The van der Waals surface area contributed by atoms with Crippen LogP contribution in [-0.2, 0) is 22.6 Å². The Bertz CT molecular complexity index is 1720. The third-order valence-electron chi connectivity index (χ3n) is 7.97. The van der Waals surface area contributed by atoms with Gasteiger partial charge in [-0.1, -0.05) is 72.8 Å². The Morgan fingerprint density at radius 1 is 0.895 bits per heavy atom. The first-order valence-corrected chi connectivity index (χ1v) is 12.9. The van der Waals surface area contributed by atoms with Crippen molar-refractivity contribution in [3.8, 4) is 5.75 Å². The van der Waals surface area contributed by atoms with E-state index in [9.17, 15) is 9.59 Å². The number of carbonyl (C=O) groups excluding carboxylic acids is 2. The summed E-state index contributed by atoms with van der Waals surface area (Å²) in [6, 6.07) is 29.4. The molecule has 1 fully saturated rings. The molecule has 6 nitrogen and oxygen atoms in total. The van der Waals surface area contributed by atoms with Crippen LogP contribution in [0.15, 0.2) is 91.0 Å². The summed E-state index contributed by atoms with van der Waals surface area (Å²) in [6.07, 6.45) is 0.486. The number of hydrogen-bond donors (Lipinski definition) is 1. The number of benzene rings is 4. The fourth-order valence-electron chi connectivity index (χ4n) is 6.26. The molecule has 0 unspecified atom stereocenters. The highest BCUT2D eigenvalue weighted by Crippen LogP contribution is 2.44. The van der Waals surface area contributed by atoms with Crippen molar-refractivity contribution in [1.82, 2.24) is 14.8 Å². The highest BCUT2D eigenvalue weighted by atomic mass is 16.5. The Morgan fingerprint density at radius 3 is 2.53 bits per heavy atom. The molecule has 4 aromatic carbocycles. The lowest BCUT2D eigenvalue weighted by Gasteiger charge is -2.47. The maximum atomic E-state index is 14.1. The van der Waals surface area contributed by atoms with Gasteiger partial charge in [0.05, 0.1) is 13.2 Å². The molecule has 1 saturated heterocycles. The molecular formula is C32H27N3O3.